The van der Waals surface area contributed by atoms with E-state index in [1.807, 2.05) is 4.90 Å². The number of hydrogen-bond acceptors (Lipinski definition) is 4. The molecule has 4 nitrogen and oxygen atoms in total. The summed E-state index contributed by atoms with van der Waals surface area (Å²) in [6.07, 6.45) is 1.84. The first kappa shape index (κ1) is 17.6. The van der Waals surface area contributed by atoms with Crippen LogP contribution < -0.4 is 0 Å². The van der Waals surface area contributed by atoms with Crippen LogP contribution in [0.4, 0.5) is 4.39 Å². The van der Waals surface area contributed by atoms with Crippen molar-refractivity contribution in [3.05, 3.63) is 29.6 Å². The van der Waals surface area contributed by atoms with E-state index in [0.29, 0.717) is 13.2 Å². The summed E-state index contributed by atoms with van der Waals surface area (Å²) in [6, 6.07) is 3.69. The van der Waals surface area contributed by atoms with Crippen molar-refractivity contribution in [2.45, 2.75) is 32.7 Å². The third kappa shape index (κ3) is 5.10. The van der Waals surface area contributed by atoms with Crippen LogP contribution >= 0.6 is 0 Å². The van der Waals surface area contributed by atoms with Crippen LogP contribution in [0.1, 0.15) is 37.0 Å². The fourth-order valence-corrected chi connectivity index (χ4v) is 2.41. The molecule has 0 bridgehead atoms. The van der Waals surface area contributed by atoms with E-state index in [4.69, 9.17) is 4.74 Å². The van der Waals surface area contributed by atoms with Gasteiger partial charge in [0.15, 0.2) is 5.78 Å². The number of halogens is 1. The van der Waals surface area contributed by atoms with Crippen molar-refractivity contribution in [1.82, 2.24) is 4.90 Å². The summed E-state index contributed by atoms with van der Waals surface area (Å²) in [6.45, 7) is 5.44. The summed E-state index contributed by atoms with van der Waals surface area (Å²) in [5.74, 6) is -0.991. The van der Waals surface area contributed by atoms with Gasteiger partial charge in [0.1, 0.15) is 11.6 Å². The Balaban J connectivity index is 2.86. The maximum Gasteiger partial charge on any atom is 0.180 e. The van der Waals surface area contributed by atoms with E-state index in [1.165, 1.54) is 6.07 Å². The summed E-state index contributed by atoms with van der Waals surface area (Å²) >= 11 is 0. The molecular formula is C16H24FNO3. The van der Waals surface area contributed by atoms with Crippen molar-refractivity contribution in [1.29, 1.82) is 0 Å². The summed E-state index contributed by atoms with van der Waals surface area (Å²) in [7, 11) is 1.62. The monoisotopic (exact) mass is 297 g/mol. The Labute approximate surface area is 125 Å². The van der Waals surface area contributed by atoms with Crippen LogP contribution in [-0.2, 0) is 4.74 Å². The molecule has 0 radical (unpaired) electrons. The van der Waals surface area contributed by atoms with Crippen LogP contribution in [-0.4, -0.2) is 48.6 Å². The zero-order valence-corrected chi connectivity index (χ0v) is 12.9. The summed E-state index contributed by atoms with van der Waals surface area (Å²) in [5.41, 5.74) is 0.0309. The number of methoxy groups -OCH3 is 1. The van der Waals surface area contributed by atoms with Gasteiger partial charge in [0, 0.05) is 19.7 Å². The van der Waals surface area contributed by atoms with Crippen molar-refractivity contribution >= 4 is 5.78 Å². The highest BCUT2D eigenvalue weighted by Gasteiger charge is 2.21. The van der Waals surface area contributed by atoms with Gasteiger partial charge in [0.25, 0.3) is 0 Å². The second kappa shape index (κ2) is 8.74. The number of Topliss-reactive ketones (excluding diaryl/α,β-unsaturated/α-hetero) is 1. The maximum absolute atomic E-state index is 13.2. The highest BCUT2D eigenvalue weighted by molar-refractivity contribution is 6.00. The number of nitrogens with zero attached hydrogens (tertiary/aromatic N) is 1. The predicted octanol–water partition coefficient (Wildman–Crippen LogP) is 2.85. The number of ketones is 1. The molecule has 1 aromatic carbocycles. The van der Waals surface area contributed by atoms with E-state index in [1.54, 1.807) is 7.11 Å². The predicted molar refractivity (Wildman–Crippen MR) is 80.2 cm³/mol. The summed E-state index contributed by atoms with van der Waals surface area (Å²) < 4.78 is 18.3. The van der Waals surface area contributed by atoms with Gasteiger partial charge in [-0.1, -0.05) is 13.8 Å². The second-order valence-electron chi connectivity index (χ2n) is 5.02. The first-order valence-electron chi connectivity index (χ1n) is 7.28. The van der Waals surface area contributed by atoms with Crippen molar-refractivity contribution < 1.29 is 19.0 Å². The number of benzene rings is 1. The molecule has 1 aromatic rings. The number of carbonyl (C=O) groups excluding carboxylic acids is 1. The number of carbonyl (C=O) groups is 1. The molecule has 118 valence electrons. The van der Waals surface area contributed by atoms with Crippen molar-refractivity contribution in [2.24, 2.45) is 0 Å². The fourth-order valence-electron chi connectivity index (χ4n) is 2.41. The van der Waals surface area contributed by atoms with Crippen LogP contribution in [0.2, 0.25) is 0 Å². The Hall–Kier alpha value is -1.46. The maximum atomic E-state index is 13.2. The number of hydrogen-bond donors (Lipinski definition) is 1. The topological polar surface area (TPSA) is 49.8 Å². The zero-order chi connectivity index (χ0) is 15.8. The first-order valence-corrected chi connectivity index (χ1v) is 7.28. The molecular weight excluding hydrogens is 273 g/mol. The van der Waals surface area contributed by atoms with Crippen LogP contribution in [0, 0.1) is 5.82 Å². The van der Waals surface area contributed by atoms with Crippen molar-refractivity contribution in [3.63, 3.8) is 0 Å². The number of phenols is 1. The SMILES string of the molecule is CCC(CC)N(CCOC)CC(=O)c1cc(F)ccc1O. The van der Waals surface area contributed by atoms with Gasteiger partial charge in [-0.15, -0.1) is 0 Å². The van der Waals surface area contributed by atoms with Gasteiger partial charge >= 0.3 is 0 Å². The van der Waals surface area contributed by atoms with Crippen molar-refractivity contribution in [2.75, 3.05) is 26.8 Å². The van der Waals surface area contributed by atoms with E-state index in [-0.39, 0.29) is 29.7 Å². The minimum Gasteiger partial charge on any atom is -0.507 e. The third-order valence-corrected chi connectivity index (χ3v) is 3.65. The van der Waals surface area contributed by atoms with Gasteiger partial charge in [-0.05, 0) is 31.0 Å². The van der Waals surface area contributed by atoms with E-state index in [0.717, 1.165) is 25.0 Å². The molecule has 0 unspecified atom stereocenters. The van der Waals surface area contributed by atoms with Gasteiger partial charge in [0.2, 0.25) is 0 Å². The summed E-state index contributed by atoms with van der Waals surface area (Å²) in [5, 5.41) is 9.72. The van der Waals surface area contributed by atoms with Crippen LogP contribution in [0.25, 0.3) is 0 Å². The van der Waals surface area contributed by atoms with Gasteiger partial charge in [0.05, 0.1) is 18.7 Å². The molecule has 0 saturated heterocycles. The number of ether oxygens (including phenoxy) is 1. The Morgan fingerprint density at radius 3 is 2.62 bits per heavy atom. The lowest BCUT2D eigenvalue weighted by Crippen LogP contribution is -2.40. The molecule has 0 amide bonds. The largest absolute Gasteiger partial charge is 0.507 e. The minimum absolute atomic E-state index is 0.0309. The Morgan fingerprint density at radius 1 is 1.38 bits per heavy atom. The highest BCUT2D eigenvalue weighted by Crippen LogP contribution is 2.19. The van der Waals surface area contributed by atoms with Crippen LogP contribution in [0.5, 0.6) is 5.75 Å². The molecule has 0 spiro atoms. The molecule has 0 atom stereocenters. The van der Waals surface area contributed by atoms with Crippen molar-refractivity contribution in [3.8, 4) is 5.75 Å². The fraction of sp³-hybridized carbons (Fsp3) is 0.562. The summed E-state index contributed by atoms with van der Waals surface area (Å²) in [4.78, 5) is 14.3. The Morgan fingerprint density at radius 2 is 2.05 bits per heavy atom. The lowest BCUT2D eigenvalue weighted by Gasteiger charge is -2.29. The molecule has 0 aliphatic heterocycles. The number of aromatic hydroxyl groups is 1. The average molecular weight is 297 g/mol. The number of phenolic OH excluding ortho intramolecular Hbond substituents is 1. The molecule has 0 aromatic heterocycles. The molecule has 0 aliphatic rings. The van der Waals surface area contributed by atoms with E-state index in [9.17, 15) is 14.3 Å². The lowest BCUT2D eigenvalue weighted by atomic mass is 10.1. The average Bonchev–Trinajstić information content (AvgIpc) is 2.48. The zero-order valence-electron chi connectivity index (χ0n) is 12.9. The van der Waals surface area contributed by atoms with Gasteiger partial charge in [-0.3, -0.25) is 9.69 Å². The van der Waals surface area contributed by atoms with E-state index in [2.05, 4.69) is 13.8 Å². The lowest BCUT2D eigenvalue weighted by molar-refractivity contribution is 0.0809. The molecule has 0 aliphatic carbocycles. The quantitative estimate of drug-likeness (QED) is 0.712. The van der Waals surface area contributed by atoms with Gasteiger partial charge < -0.3 is 9.84 Å². The minimum atomic E-state index is -0.526. The molecule has 5 heteroatoms. The molecule has 1 rings (SSSR count). The third-order valence-electron chi connectivity index (χ3n) is 3.65. The van der Waals surface area contributed by atoms with E-state index < -0.39 is 5.82 Å². The molecule has 0 heterocycles. The standard InChI is InChI=1S/C16H24FNO3/c1-4-13(5-2)18(8-9-21-3)11-16(20)14-10-12(17)6-7-15(14)19/h6-7,10,13,19H,4-5,8-9,11H2,1-3H3. The smallest absolute Gasteiger partial charge is 0.180 e. The number of rotatable bonds is 9. The molecule has 21 heavy (non-hydrogen) atoms. The molecule has 0 fully saturated rings. The molecule has 1 N–H and O–H groups in total. The second-order valence-corrected chi connectivity index (χ2v) is 5.02. The van der Waals surface area contributed by atoms with Crippen LogP contribution in [0.3, 0.4) is 0 Å². The Kier molecular flexibility index (Phi) is 7.32. The highest BCUT2D eigenvalue weighted by atomic mass is 19.1. The van der Waals surface area contributed by atoms with Crippen LogP contribution in [0.15, 0.2) is 18.2 Å². The normalized spacial score (nSPS) is 11.3. The first-order chi connectivity index (χ1) is 10.0. The molecule has 0 saturated carbocycles. The van der Waals surface area contributed by atoms with Gasteiger partial charge in [-0.2, -0.15) is 0 Å². The van der Waals surface area contributed by atoms with E-state index >= 15 is 0 Å². The Bertz CT molecular complexity index is 461. The van der Waals surface area contributed by atoms with Gasteiger partial charge in [-0.25, -0.2) is 4.39 Å².